The van der Waals surface area contributed by atoms with Gasteiger partial charge in [-0.15, -0.1) is 18.2 Å². The Kier molecular flexibility index (Phi) is 44.7. The van der Waals surface area contributed by atoms with Gasteiger partial charge in [-0.2, -0.15) is 0 Å². The number of thioether (sulfide) groups is 1. The summed E-state index contributed by atoms with van der Waals surface area (Å²) in [5, 5.41) is 6.02. The van der Waals surface area contributed by atoms with Crippen LogP contribution < -0.4 is 50.0 Å². The van der Waals surface area contributed by atoms with Crippen LogP contribution in [0.4, 0.5) is 40.7 Å². The SMILES string of the molecule is C#Cc1cc(Sc2cnc(C)nc2N)c(C(C)C)cn1.COc1cc(Sc2cnc(C)nc2N)c(C(C)C)cn1.CSc1cc(Sc2cnc(C)nc2N)c(C(C)C)cn1.Cc1ncc(Sc2cc(Br)ncc2C(C)C)c(N)n1.Cc1ncc(Sc2cc(I)ncc2C(C)C)c(N)n1.Cc1ncc(Sc2cc(S(C)(=O)=O)ncc2C(C)C)c(N)n1.Cc1ncc(Sc2cc(S(N)(=O)=O)ncc2C(C)C)c(N)n1. The van der Waals surface area contributed by atoms with Crippen molar-refractivity contribution in [2.45, 2.75) is 270 Å². The Labute approximate surface area is 887 Å². The Morgan fingerprint density at radius 1 is 0.324 bits per heavy atom. The highest BCUT2D eigenvalue weighted by atomic mass is 127. The first-order valence-electron chi connectivity index (χ1n) is 43.8. The van der Waals surface area contributed by atoms with Crippen LogP contribution in [0.3, 0.4) is 0 Å². The minimum atomic E-state index is -3.86. The molecule has 14 rings (SSSR count). The maximum atomic E-state index is 11.7. The Hall–Kier alpha value is -10.6. The smallest absolute Gasteiger partial charge is 0.255 e. The van der Waals surface area contributed by atoms with Gasteiger partial charge in [0.1, 0.15) is 95.5 Å². The molecule has 0 saturated carbocycles. The number of terminal acetylenes is 1. The van der Waals surface area contributed by atoms with Gasteiger partial charge in [0.15, 0.2) is 19.9 Å². The van der Waals surface area contributed by atoms with Crippen molar-refractivity contribution < 1.29 is 21.6 Å². The predicted molar refractivity (Wildman–Crippen MR) is 587 cm³/mol. The number of aryl methyl sites for hydroxylation is 7. The third-order valence-corrected chi connectivity index (χ3v) is 30.8. The van der Waals surface area contributed by atoms with Gasteiger partial charge >= 0.3 is 0 Å². The maximum absolute atomic E-state index is 11.7. The number of methoxy groups -OCH3 is 1. The van der Waals surface area contributed by atoms with Crippen molar-refractivity contribution >= 4 is 193 Å². The second kappa shape index (κ2) is 54.4. The number of nitrogens with two attached hydrogens (primary N) is 8. The normalized spacial score (nSPS) is 11.2. The largest absolute Gasteiger partial charge is 0.481 e. The van der Waals surface area contributed by atoms with Gasteiger partial charge in [-0.1, -0.05) is 185 Å². The number of pyridine rings is 7. The molecule has 34 nitrogen and oxygen atoms in total. The van der Waals surface area contributed by atoms with Crippen LogP contribution in [-0.2, 0) is 19.9 Å². The summed E-state index contributed by atoms with van der Waals surface area (Å²) in [6.07, 6.45) is 33.2. The number of halogens is 2. The molecular formula is C96H117BrIN29O5S10. The molecule has 0 saturated heterocycles. The average Bonchev–Trinajstić information content (AvgIpc) is 0.806. The van der Waals surface area contributed by atoms with E-state index in [1.807, 2.05) is 118 Å². The standard InChI is InChI=1S/C15H16N4S.C14H18N4O2S2.C14H18N4OS.C14H18N4S2.C13H15BrN4S.C13H15IN4S.C13H17N5O2S2/c1-5-11-6-13(12(7-18-11)9(2)3)20-14-8-17-10(4)19-15(14)16;1-8(2)10-6-17-13(22(4,19)20)5-11(10)21-12-7-16-9(3)18-14(12)15;2*1-8(2)10-6-17-13(19-4)5-11(10)20-12-7-16-9(3)18-14(12)15;2*1-7(2)9-5-17-12(14)4-10(9)19-11-6-16-8(3)18-13(11)15;1-7(2)9-5-17-12(22(15,19)20)4-10(9)21-11-6-16-8(3)18-13(11)14/h1,6-9H,2-4H3,(H2,16,17,19);5-8H,1-4H3,(H2,15,16,18);2*5-8H,1-4H3,(H2,15,16,18);2*4-7H,1-3H3,(H2,15,16,18);4-7H,1-3H3,(H2,14,16,18)(H2,15,19,20). The van der Waals surface area contributed by atoms with Gasteiger partial charge in [-0.05, 0) is 210 Å². The molecule has 0 aliphatic carbocycles. The fourth-order valence-electron chi connectivity index (χ4n) is 12.0. The first-order chi connectivity index (χ1) is 66.8. The summed E-state index contributed by atoms with van der Waals surface area (Å²) in [6.45, 7) is 42.1. The Balaban J connectivity index is 0.000000203. The van der Waals surface area contributed by atoms with E-state index in [4.69, 9.17) is 56.4 Å². The monoisotopic (exact) mass is 2280 g/mol. The lowest BCUT2D eigenvalue weighted by Crippen LogP contribution is -2.14. The zero-order valence-corrected chi connectivity index (χ0v) is 95.0. The zero-order chi connectivity index (χ0) is 105. The first kappa shape index (κ1) is 117. The quantitative estimate of drug-likeness (QED) is 0.0114. The summed E-state index contributed by atoms with van der Waals surface area (Å²) in [5.41, 5.74) is 49.9. The Bertz CT molecular complexity index is 6690. The topological polar surface area (TPSA) is 556 Å². The Morgan fingerprint density at radius 2 is 0.570 bits per heavy atom. The summed E-state index contributed by atoms with van der Waals surface area (Å²) in [4.78, 5) is 101. The number of anilines is 7. The lowest BCUT2D eigenvalue weighted by atomic mass is 10.1. The summed E-state index contributed by atoms with van der Waals surface area (Å²) in [6, 6.07) is 13.0. The van der Waals surface area contributed by atoms with E-state index < -0.39 is 19.9 Å². The number of primary sulfonamides is 1. The average molecular weight is 2280 g/mol. The van der Waals surface area contributed by atoms with Crippen LogP contribution in [0.5, 0.6) is 5.88 Å². The third-order valence-electron chi connectivity index (χ3n) is 19.6. The van der Waals surface area contributed by atoms with Crippen molar-refractivity contribution in [3.8, 4) is 18.2 Å². The number of hydrogen-bond donors (Lipinski definition) is 8. The van der Waals surface area contributed by atoms with Crippen molar-refractivity contribution in [2.75, 3.05) is 59.8 Å². The second-order valence-corrected chi connectivity index (χ2v) is 47.1. The Morgan fingerprint density at radius 3 is 0.852 bits per heavy atom. The van der Waals surface area contributed by atoms with E-state index in [1.165, 1.54) is 80.9 Å². The van der Waals surface area contributed by atoms with Crippen molar-refractivity contribution in [2.24, 2.45) is 5.14 Å². The lowest BCUT2D eigenvalue weighted by molar-refractivity contribution is 0.396. The van der Waals surface area contributed by atoms with E-state index in [0.717, 1.165) is 90.8 Å². The number of rotatable bonds is 25. The van der Waals surface area contributed by atoms with Crippen molar-refractivity contribution in [1.29, 1.82) is 0 Å². The molecule has 14 aromatic heterocycles. The van der Waals surface area contributed by atoms with E-state index in [-0.39, 0.29) is 21.9 Å². The maximum Gasteiger partial charge on any atom is 0.255 e. The summed E-state index contributed by atoms with van der Waals surface area (Å²) < 4.78 is 53.4. The van der Waals surface area contributed by atoms with Gasteiger partial charge in [0.25, 0.3) is 10.0 Å². The molecule has 0 bridgehead atoms. The summed E-state index contributed by atoms with van der Waals surface area (Å²) >= 11 is 17.7. The number of ether oxygens (including phenoxy) is 1. The zero-order valence-electron chi connectivity index (χ0n) is 83.1. The molecular weight excluding hydrogens is 2170 g/mol. The highest BCUT2D eigenvalue weighted by Gasteiger charge is 2.24. The number of sulfone groups is 1. The fraction of sp³-hybridized carbons (Fsp3) is 0.323. The molecule has 142 heavy (non-hydrogen) atoms. The van der Waals surface area contributed by atoms with Crippen molar-refractivity contribution in [3.05, 3.63) is 223 Å². The van der Waals surface area contributed by atoms with Gasteiger partial charge in [-0.3, -0.25) is 0 Å². The lowest BCUT2D eigenvalue weighted by Gasteiger charge is -2.13. The molecule has 0 fully saturated rings. The molecule has 16 N–H and O–H groups in total. The molecule has 0 spiro atoms. The van der Waals surface area contributed by atoms with Gasteiger partial charge < -0.3 is 44.9 Å². The van der Waals surface area contributed by atoms with Crippen molar-refractivity contribution in [3.63, 3.8) is 0 Å². The number of nitrogen functional groups attached to an aromatic ring is 7. The van der Waals surface area contributed by atoms with Gasteiger partial charge in [0.2, 0.25) is 5.88 Å². The molecule has 0 radical (unpaired) electrons. The molecule has 46 heteroatoms. The molecule has 0 aliphatic rings. The number of hydrogen-bond acceptors (Lipinski definition) is 41. The number of sulfonamides is 1. The molecule has 0 unspecified atom stereocenters. The molecule has 14 heterocycles. The van der Waals surface area contributed by atoms with Crippen LogP contribution in [0.2, 0.25) is 0 Å². The van der Waals surface area contributed by atoms with Gasteiger partial charge in [0, 0.05) is 133 Å². The summed E-state index contributed by atoms with van der Waals surface area (Å²) in [5.74, 6) is 13.3. The minimum Gasteiger partial charge on any atom is -0.481 e. The van der Waals surface area contributed by atoms with Crippen LogP contribution in [-0.4, -0.2) is 141 Å². The molecule has 0 amide bonds. The van der Waals surface area contributed by atoms with Crippen LogP contribution in [0.15, 0.2) is 217 Å². The van der Waals surface area contributed by atoms with Gasteiger partial charge in [0.05, 0.1) is 46.4 Å². The van der Waals surface area contributed by atoms with Gasteiger partial charge in [-0.25, -0.2) is 127 Å². The molecule has 0 atom stereocenters. The highest BCUT2D eigenvalue weighted by molar-refractivity contribution is 14.1. The highest BCUT2D eigenvalue weighted by Crippen LogP contribution is 2.45. The third kappa shape index (κ3) is 35.4. The van der Waals surface area contributed by atoms with E-state index in [0.29, 0.717) is 137 Å². The number of aromatic nitrogens is 21. The van der Waals surface area contributed by atoms with Crippen molar-refractivity contribution in [1.82, 2.24) is 105 Å². The fourth-order valence-corrected chi connectivity index (χ4v) is 22.3. The molecule has 14 aromatic rings. The predicted octanol–water partition coefficient (Wildman–Crippen LogP) is 21.4. The molecule has 0 aliphatic heterocycles. The van der Waals surface area contributed by atoms with E-state index >= 15 is 0 Å². The van der Waals surface area contributed by atoms with Crippen LogP contribution in [0, 0.1) is 64.5 Å². The number of nitrogens with zero attached hydrogens (tertiary/aromatic N) is 21. The minimum absolute atomic E-state index is 0.0472. The van der Waals surface area contributed by atoms with E-state index in [9.17, 15) is 16.8 Å². The van der Waals surface area contributed by atoms with Crippen LogP contribution in [0.25, 0.3) is 0 Å². The van der Waals surface area contributed by atoms with Crippen LogP contribution in [0.1, 0.15) is 224 Å². The first-order valence-corrected chi connectivity index (χ1v) is 56.1. The summed E-state index contributed by atoms with van der Waals surface area (Å²) in [7, 11) is -5.62. The molecule has 0 aromatic carbocycles. The van der Waals surface area contributed by atoms with E-state index in [2.05, 4.69) is 230 Å². The van der Waals surface area contributed by atoms with E-state index in [1.54, 1.807) is 124 Å². The van der Waals surface area contributed by atoms with Crippen LogP contribution >= 0.6 is 133 Å². The second-order valence-electron chi connectivity index (χ2n) is 33.3. The molecule has 750 valence electrons.